The molecule has 0 radical (unpaired) electrons. The smallest absolute Gasteiger partial charge is 0.251 e. The summed E-state index contributed by atoms with van der Waals surface area (Å²) in [6.45, 7) is 7.35. The van der Waals surface area contributed by atoms with Gasteiger partial charge in [-0.3, -0.25) is 9.89 Å². The number of hydrogen-bond donors (Lipinski definition) is 2. The Morgan fingerprint density at radius 2 is 1.85 bits per heavy atom. The molecular formula is C27H34FN5O. The van der Waals surface area contributed by atoms with Crippen molar-refractivity contribution in [2.45, 2.75) is 45.7 Å². The number of likely N-dealkylation sites (N-methyl/N-ethyl adjacent to an activating group) is 1. The van der Waals surface area contributed by atoms with Crippen molar-refractivity contribution in [3.05, 3.63) is 82.4 Å². The average Bonchev–Trinajstić information content (AvgIpc) is 3.19. The third kappa shape index (κ3) is 5.65. The zero-order valence-electron chi connectivity index (χ0n) is 20.3. The number of nitrogens with zero attached hydrogens (tertiary/aromatic N) is 3. The van der Waals surface area contributed by atoms with E-state index in [1.165, 1.54) is 17.3 Å². The molecule has 2 aromatic carbocycles. The molecule has 0 atom stereocenters. The van der Waals surface area contributed by atoms with Crippen molar-refractivity contribution in [1.82, 2.24) is 20.4 Å². The second-order valence-electron chi connectivity index (χ2n) is 9.18. The molecule has 0 saturated carbocycles. The zero-order chi connectivity index (χ0) is 24.1. The molecule has 1 aliphatic heterocycles. The fraction of sp³-hybridized carbons (Fsp3) is 0.407. The Morgan fingerprint density at radius 1 is 1.15 bits per heavy atom. The average molecular weight is 464 g/mol. The van der Waals surface area contributed by atoms with E-state index in [4.69, 9.17) is 0 Å². The lowest BCUT2D eigenvalue weighted by molar-refractivity contribution is 0.0950. The summed E-state index contributed by atoms with van der Waals surface area (Å²) in [6, 6.07) is 14.8. The molecule has 6 nitrogen and oxygen atoms in total. The molecule has 2 N–H and O–H groups in total. The number of rotatable bonds is 8. The van der Waals surface area contributed by atoms with Crippen LogP contribution in [0.15, 0.2) is 48.5 Å². The van der Waals surface area contributed by atoms with Crippen molar-refractivity contribution in [2.75, 3.05) is 31.6 Å². The van der Waals surface area contributed by atoms with Gasteiger partial charge in [0.25, 0.3) is 5.91 Å². The summed E-state index contributed by atoms with van der Waals surface area (Å²) in [6.07, 6.45) is 3.25. The van der Waals surface area contributed by atoms with Gasteiger partial charge in [0.2, 0.25) is 0 Å². The quantitative estimate of drug-likeness (QED) is 0.525. The molecular weight excluding hydrogens is 429 g/mol. The van der Waals surface area contributed by atoms with Crippen LogP contribution >= 0.6 is 0 Å². The Morgan fingerprint density at radius 3 is 2.50 bits per heavy atom. The number of aryl methyl sites for hydroxylation is 2. The van der Waals surface area contributed by atoms with Crippen molar-refractivity contribution in [1.29, 1.82) is 0 Å². The number of nitrogens with one attached hydrogen (secondary N) is 2. The Kier molecular flexibility index (Phi) is 7.63. The molecule has 1 aromatic heterocycles. The van der Waals surface area contributed by atoms with Crippen molar-refractivity contribution in [2.24, 2.45) is 0 Å². The third-order valence-corrected chi connectivity index (χ3v) is 6.97. The second-order valence-corrected chi connectivity index (χ2v) is 9.18. The summed E-state index contributed by atoms with van der Waals surface area (Å²) >= 11 is 0. The number of aromatic nitrogens is 2. The predicted octanol–water partition coefficient (Wildman–Crippen LogP) is 4.24. The van der Waals surface area contributed by atoms with E-state index in [9.17, 15) is 9.18 Å². The molecule has 1 aliphatic rings. The second kappa shape index (κ2) is 10.8. The zero-order valence-corrected chi connectivity index (χ0v) is 20.3. The summed E-state index contributed by atoms with van der Waals surface area (Å²) in [5.41, 5.74) is 5.81. The van der Waals surface area contributed by atoms with E-state index in [-0.39, 0.29) is 18.3 Å². The van der Waals surface area contributed by atoms with E-state index in [1.54, 1.807) is 18.2 Å². The topological polar surface area (TPSA) is 64.3 Å². The van der Waals surface area contributed by atoms with Gasteiger partial charge in [-0.1, -0.05) is 18.2 Å². The van der Waals surface area contributed by atoms with E-state index in [2.05, 4.69) is 46.2 Å². The molecule has 7 heteroatoms. The maximum atomic E-state index is 13.8. The van der Waals surface area contributed by atoms with E-state index < -0.39 is 0 Å². The molecule has 1 fully saturated rings. The Balaban J connectivity index is 1.25. The number of piperidine rings is 1. The molecule has 0 spiro atoms. The van der Waals surface area contributed by atoms with Crippen LogP contribution in [-0.2, 0) is 13.0 Å². The van der Waals surface area contributed by atoms with Gasteiger partial charge < -0.3 is 15.1 Å². The van der Waals surface area contributed by atoms with Crippen LogP contribution in [0, 0.1) is 19.7 Å². The van der Waals surface area contributed by atoms with Gasteiger partial charge in [-0.05, 0) is 76.1 Å². The Bertz CT molecular complexity index is 1080. The van der Waals surface area contributed by atoms with Crippen molar-refractivity contribution >= 4 is 11.6 Å². The van der Waals surface area contributed by atoms with Gasteiger partial charge in [0, 0.05) is 54.7 Å². The van der Waals surface area contributed by atoms with Gasteiger partial charge in [-0.25, -0.2) is 4.39 Å². The van der Waals surface area contributed by atoms with Crippen LogP contribution in [0.3, 0.4) is 0 Å². The first kappa shape index (κ1) is 24.0. The molecule has 180 valence electrons. The van der Waals surface area contributed by atoms with E-state index in [1.807, 2.05) is 24.3 Å². The predicted molar refractivity (Wildman–Crippen MR) is 134 cm³/mol. The largest absolute Gasteiger partial charge is 0.371 e. The minimum absolute atomic E-state index is 0.175. The Hall–Kier alpha value is -3.19. The number of halogens is 1. The molecule has 0 aliphatic carbocycles. The first-order chi connectivity index (χ1) is 16.4. The third-order valence-electron chi connectivity index (χ3n) is 6.97. The highest BCUT2D eigenvalue weighted by Crippen LogP contribution is 2.23. The summed E-state index contributed by atoms with van der Waals surface area (Å²) in [7, 11) is 2.22. The highest BCUT2D eigenvalue weighted by molar-refractivity contribution is 5.94. The molecule has 3 aromatic rings. The van der Waals surface area contributed by atoms with Crippen LogP contribution in [0.2, 0.25) is 0 Å². The molecule has 34 heavy (non-hydrogen) atoms. The monoisotopic (exact) mass is 463 g/mol. The number of carbonyl (C=O) groups is 1. The SMILES string of the molecule is Cc1n[nH]c(C)c1CCN(C)C1CCN(c2ccc(C(=O)NCc3ccccc3F)cc2)CC1. The fourth-order valence-corrected chi connectivity index (χ4v) is 4.72. The molecule has 0 bridgehead atoms. The maximum absolute atomic E-state index is 13.8. The molecule has 2 heterocycles. The van der Waals surface area contributed by atoms with Gasteiger partial charge in [-0.15, -0.1) is 0 Å². The van der Waals surface area contributed by atoms with Crippen LogP contribution in [0.1, 0.15) is 45.7 Å². The van der Waals surface area contributed by atoms with E-state index >= 15 is 0 Å². The van der Waals surface area contributed by atoms with Gasteiger partial charge in [-0.2, -0.15) is 5.10 Å². The van der Waals surface area contributed by atoms with Crippen LogP contribution in [0.5, 0.6) is 0 Å². The summed E-state index contributed by atoms with van der Waals surface area (Å²) in [5, 5.41) is 10.2. The highest BCUT2D eigenvalue weighted by atomic mass is 19.1. The maximum Gasteiger partial charge on any atom is 0.251 e. The van der Waals surface area contributed by atoms with Crippen molar-refractivity contribution in [3.63, 3.8) is 0 Å². The minimum Gasteiger partial charge on any atom is -0.371 e. The number of carbonyl (C=O) groups excluding carboxylic acids is 1. The lowest BCUT2D eigenvalue weighted by Crippen LogP contribution is -2.44. The van der Waals surface area contributed by atoms with E-state index in [0.29, 0.717) is 17.2 Å². The normalized spacial score (nSPS) is 14.6. The lowest BCUT2D eigenvalue weighted by atomic mass is 10.0. The number of amides is 1. The van der Waals surface area contributed by atoms with Crippen molar-refractivity contribution < 1.29 is 9.18 Å². The number of benzene rings is 2. The number of anilines is 1. The van der Waals surface area contributed by atoms with Crippen LogP contribution in [-0.4, -0.2) is 53.7 Å². The van der Waals surface area contributed by atoms with Gasteiger partial charge in [0.1, 0.15) is 5.82 Å². The molecule has 4 rings (SSSR count). The van der Waals surface area contributed by atoms with Crippen molar-refractivity contribution in [3.8, 4) is 0 Å². The van der Waals surface area contributed by atoms with Crippen LogP contribution in [0.4, 0.5) is 10.1 Å². The van der Waals surface area contributed by atoms with E-state index in [0.717, 1.165) is 50.3 Å². The fourth-order valence-electron chi connectivity index (χ4n) is 4.72. The molecule has 0 unspecified atom stereocenters. The molecule has 1 amide bonds. The summed E-state index contributed by atoms with van der Waals surface area (Å²) in [4.78, 5) is 17.3. The number of H-pyrrole nitrogens is 1. The number of aromatic amines is 1. The van der Waals surface area contributed by atoms with Crippen LogP contribution < -0.4 is 10.2 Å². The Labute approximate surface area is 201 Å². The summed E-state index contributed by atoms with van der Waals surface area (Å²) < 4.78 is 13.8. The van der Waals surface area contributed by atoms with Gasteiger partial charge >= 0.3 is 0 Å². The lowest BCUT2D eigenvalue weighted by Gasteiger charge is -2.38. The summed E-state index contributed by atoms with van der Waals surface area (Å²) in [5.74, 6) is -0.503. The minimum atomic E-state index is -0.307. The standard InChI is InChI=1S/C27H34FN5O/c1-19-25(20(2)31-30-19)14-15-32(3)23-12-16-33(17-13-23)24-10-8-21(9-11-24)27(34)29-18-22-6-4-5-7-26(22)28/h4-11,23H,12-18H2,1-3H3,(H,29,34)(H,30,31). The number of hydrogen-bond acceptors (Lipinski definition) is 4. The molecule has 1 saturated heterocycles. The highest BCUT2D eigenvalue weighted by Gasteiger charge is 2.23. The first-order valence-corrected chi connectivity index (χ1v) is 12.0. The van der Waals surface area contributed by atoms with Crippen LogP contribution in [0.25, 0.3) is 0 Å². The van der Waals surface area contributed by atoms with Gasteiger partial charge in [0.15, 0.2) is 0 Å². The first-order valence-electron chi connectivity index (χ1n) is 12.0. The van der Waals surface area contributed by atoms with Gasteiger partial charge in [0.05, 0.1) is 5.69 Å².